The van der Waals surface area contributed by atoms with Crippen LogP contribution in [0.4, 0.5) is 0 Å². The second-order valence-electron chi connectivity index (χ2n) is 11.5. The maximum Gasteiger partial charge on any atom is 0.237 e. The number of amides is 4. The van der Waals surface area contributed by atoms with Crippen LogP contribution in [0.15, 0.2) is 11.6 Å². The van der Waals surface area contributed by atoms with Gasteiger partial charge in [0.2, 0.25) is 23.6 Å². The second kappa shape index (κ2) is 8.66. The Morgan fingerprint density at radius 1 is 0.727 bits per heavy atom. The van der Waals surface area contributed by atoms with Crippen LogP contribution in [0.3, 0.4) is 0 Å². The first-order chi connectivity index (χ1) is 15.8. The van der Waals surface area contributed by atoms with E-state index in [0.717, 1.165) is 56.9 Å². The molecule has 0 bridgehead atoms. The number of carbonyl (C=O) groups is 4. The van der Waals surface area contributed by atoms with Crippen molar-refractivity contribution in [2.45, 2.75) is 97.1 Å². The van der Waals surface area contributed by atoms with Crippen molar-refractivity contribution in [2.24, 2.45) is 35.5 Å². The van der Waals surface area contributed by atoms with Crippen LogP contribution in [-0.2, 0) is 19.2 Å². The summed E-state index contributed by atoms with van der Waals surface area (Å²) < 4.78 is 0. The van der Waals surface area contributed by atoms with Crippen LogP contribution in [0.2, 0.25) is 0 Å². The number of nitrogens with zero attached hydrogens (tertiary/aromatic N) is 2. The lowest BCUT2D eigenvalue weighted by atomic mass is 9.71. The van der Waals surface area contributed by atoms with E-state index in [1.54, 1.807) is 9.80 Å². The van der Waals surface area contributed by atoms with Gasteiger partial charge in [0.05, 0.1) is 17.8 Å². The summed E-state index contributed by atoms with van der Waals surface area (Å²) in [6, 6.07) is 0.0247. The fourth-order valence-corrected chi connectivity index (χ4v) is 7.63. The first kappa shape index (κ1) is 22.8. The maximum atomic E-state index is 13.5. The predicted molar refractivity (Wildman–Crippen MR) is 123 cm³/mol. The SMILES string of the molecule is CC1=C[C@H]([C@@H]2CC(=O)N([C@@H]3CCCC[C@@H]3C)C2=O)C[C@@H]2C(=O)N([C@@H]3CCCC[C@H]3C)C(=O)[C@H]12. The Morgan fingerprint density at radius 2 is 1.27 bits per heavy atom. The third-order valence-corrected chi connectivity index (χ3v) is 9.48. The highest BCUT2D eigenvalue weighted by Crippen LogP contribution is 2.47. The lowest BCUT2D eigenvalue weighted by Crippen LogP contribution is -2.46. The summed E-state index contributed by atoms with van der Waals surface area (Å²) in [5.74, 6) is -0.815. The molecule has 0 spiro atoms. The molecule has 4 fully saturated rings. The average Bonchev–Trinajstić information content (AvgIpc) is 3.22. The Labute approximate surface area is 197 Å². The molecule has 0 unspecified atom stereocenters. The molecule has 6 nitrogen and oxygen atoms in total. The number of likely N-dealkylation sites (tertiary alicyclic amines) is 2. The molecule has 33 heavy (non-hydrogen) atoms. The second-order valence-corrected chi connectivity index (χ2v) is 11.5. The Hall–Kier alpha value is -1.98. The van der Waals surface area contributed by atoms with Gasteiger partial charge >= 0.3 is 0 Å². The predicted octanol–water partition coefficient (Wildman–Crippen LogP) is 4.09. The van der Waals surface area contributed by atoms with Crippen LogP contribution in [0.5, 0.6) is 0 Å². The number of fused-ring (bicyclic) bond motifs is 1. The highest BCUT2D eigenvalue weighted by molar-refractivity contribution is 6.07. The summed E-state index contributed by atoms with van der Waals surface area (Å²) in [7, 11) is 0. The lowest BCUT2D eigenvalue weighted by Gasteiger charge is -2.36. The fourth-order valence-electron chi connectivity index (χ4n) is 7.63. The van der Waals surface area contributed by atoms with Gasteiger partial charge in [0.25, 0.3) is 0 Å². The normalized spacial score (nSPS) is 42.1. The first-order valence-corrected chi connectivity index (χ1v) is 13.2. The Kier molecular flexibility index (Phi) is 5.98. The highest BCUT2D eigenvalue weighted by Gasteiger charge is 2.56. The van der Waals surface area contributed by atoms with E-state index in [4.69, 9.17) is 0 Å². The molecule has 8 atom stereocenters. The van der Waals surface area contributed by atoms with Gasteiger partial charge in [-0.25, -0.2) is 0 Å². The van der Waals surface area contributed by atoms with Crippen molar-refractivity contribution in [1.82, 2.24) is 9.80 Å². The molecule has 2 saturated heterocycles. The number of rotatable bonds is 3. The van der Waals surface area contributed by atoms with Gasteiger partial charge in [0, 0.05) is 18.5 Å². The number of allylic oxidation sites excluding steroid dienone is 1. The zero-order chi connectivity index (χ0) is 23.4. The van der Waals surface area contributed by atoms with Crippen molar-refractivity contribution in [1.29, 1.82) is 0 Å². The molecule has 5 aliphatic rings. The van der Waals surface area contributed by atoms with E-state index in [2.05, 4.69) is 13.8 Å². The summed E-state index contributed by atoms with van der Waals surface area (Å²) in [6.07, 6.45) is 11.2. The molecule has 3 aliphatic carbocycles. The fraction of sp³-hybridized carbons (Fsp3) is 0.778. The third-order valence-electron chi connectivity index (χ3n) is 9.48. The van der Waals surface area contributed by atoms with Crippen LogP contribution in [0, 0.1) is 35.5 Å². The van der Waals surface area contributed by atoms with E-state index in [1.165, 1.54) is 0 Å². The van der Waals surface area contributed by atoms with Gasteiger partial charge in [0.1, 0.15) is 0 Å². The Balaban J connectivity index is 1.36. The van der Waals surface area contributed by atoms with E-state index in [-0.39, 0.29) is 59.9 Å². The maximum absolute atomic E-state index is 13.5. The molecule has 0 radical (unpaired) electrons. The van der Waals surface area contributed by atoms with Crippen LogP contribution in [-0.4, -0.2) is 45.5 Å². The van der Waals surface area contributed by atoms with Crippen molar-refractivity contribution < 1.29 is 19.2 Å². The average molecular weight is 455 g/mol. The number of imide groups is 2. The molecule has 2 heterocycles. The lowest BCUT2D eigenvalue weighted by molar-refractivity contribution is -0.146. The minimum absolute atomic E-state index is 0.00794. The van der Waals surface area contributed by atoms with Crippen LogP contribution in [0.25, 0.3) is 0 Å². The van der Waals surface area contributed by atoms with Crippen molar-refractivity contribution in [3.63, 3.8) is 0 Å². The van der Waals surface area contributed by atoms with Crippen molar-refractivity contribution >= 4 is 23.6 Å². The minimum atomic E-state index is -0.395. The van der Waals surface area contributed by atoms with Crippen molar-refractivity contribution in [3.8, 4) is 0 Å². The topological polar surface area (TPSA) is 74.8 Å². The molecular formula is C27H38N2O4. The molecule has 5 rings (SSSR count). The van der Waals surface area contributed by atoms with E-state index < -0.39 is 5.92 Å². The number of hydrogen-bond acceptors (Lipinski definition) is 4. The molecule has 2 aliphatic heterocycles. The van der Waals surface area contributed by atoms with E-state index in [1.807, 2.05) is 13.0 Å². The Bertz CT molecular complexity index is 895. The summed E-state index contributed by atoms with van der Waals surface area (Å²) in [4.78, 5) is 56.5. The van der Waals surface area contributed by atoms with Crippen molar-refractivity contribution in [2.75, 3.05) is 0 Å². The van der Waals surface area contributed by atoms with Crippen molar-refractivity contribution in [3.05, 3.63) is 11.6 Å². The van der Waals surface area contributed by atoms with E-state index in [9.17, 15) is 19.2 Å². The largest absolute Gasteiger partial charge is 0.279 e. The standard InChI is InChI=1S/C27H38N2O4/c1-15-8-4-6-10-21(15)28-23(30)14-19(25(28)31)18-12-17(3)24-20(13-18)26(32)29(27(24)33)22-11-7-5-9-16(22)2/h12,15-16,18-22,24H,4-11,13-14H2,1-3H3/t15-,16+,18-,19-,20-,21+,22+,24+/m0/s1. The molecule has 0 N–H and O–H groups in total. The van der Waals surface area contributed by atoms with E-state index in [0.29, 0.717) is 18.3 Å². The van der Waals surface area contributed by atoms with Crippen LogP contribution >= 0.6 is 0 Å². The smallest absolute Gasteiger partial charge is 0.237 e. The van der Waals surface area contributed by atoms with Gasteiger partial charge in [-0.1, -0.05) is 51.2 Å². The van der Waals surface area contributed by atoms with Gasteiger partial charge in [-0.2, -0.15) is 0 Å². The van der Waals surface area contributed by atoms with Gasteiger partial charge in [-0.05, 0) is 56.8 Å². The molecule has 4 amide bonds. The minimum Gasteiger partial charge on any atom is -0.279 e. The molecule has 6 heteroatoms. The van der Waals surface area contributed by atoms with Crippen LogP contribution < -0.4 is 0 Å². The molecule has 0 aromatic carbocycles. The molecule has 0 aromatic heterocycles. The molecule has 180 valence electrons. The number of carbonyl (C=O) groups excluding carboxylic acids is 4. The quantitative estimate of drug-likeness (QED) is 0.476. The van der Waals surface area contributed by atoms with E-state index >= 15 is 0 Å². The van der Waals surface area contributed by atoms with Gasteiger partial charge < -0.3 is 0 Å². The molecular weight excluding hydrogens is 416 g/mol. The monoisotopic (exact) mass is 454 g/mol. The zero-order valence-corrected chi connectivity index (χ0v) is 20.3. The van der Waals surface area contributed by atoms with Gasteiger partial charge in [0.15, 0.2) is 0 Å². The molecule has 2 saturated carbocycles. The summed E-state index contributed by atoms with van der Waals surface area (Å²) in [6.45, 7) is 6.24. The third kappa shape index (κ3) is 3.68. The Morgan fingerprint density at radius 3 is 1.88 bits per heavy atom. The van der Waals surface area contributed by atoms with Gasteiger partial charge in [-0.15, -0.1) is 0 Å². The zero-order valence-electron chi connectivity index (χ0n) is 20.3. The molecule has 0 aromatic rings. The summed E-state index contributed by atoms with van der Waals surface area (Å²) in [5.41, 5.74) is 0.908. The summed E-state index contributed by atoms with van der Waals surface area (Å²) in [5, 5.41) is 0. The summed E-state index contributed by atoms with van der Waals surface area (Å²) >= 11 is 0. The first-order valence-electron chi connectivity index (χ1n) is 13.2. The highest BCUT2D eigenvalue weighted by atomic mass is 16.2. The number of hydrogen-bond donors (Lipinski definition) is 0. The van der Waals surface area contributed by atoms with Gasteiger partial charge in [-0.3, -0.25) is 29.0 Å². The van der Waals surface area contributed by atoms with Crippen LogP contribution in [0.1, 0.15) is 85.0 Å².